The van der Waals surface area contributed by atoms with Crippen LogP contribution >= 0.6 is 0 Å². The Morgan fingerprint density at radius 1 is 1.23 bits per heavy atom. The van der Waals surface area contributed by atoms with Crippen LogP contribution in [0.3, 0.4) is 0 Å². The maximum absolute atomic E-state index is 12.7. The van der Waals surface area contributed by atoms with Gasteiger partial charge in [-0.25, -0.2) is 0 Å². The average Bonchev–Trinajstić information content (AvgIpc) is 2.63. The molecular weight excluding hydrogens is 318 g/mol. The molecule has 1 aliphatic carbocycles. The lowest BCUT2D eigenvalue weighted by molar-refractivity contribution is -0.126. The van der Waals surface area contributed by atoms with Crippen LogP contribution in [0.15, 0.2) is 65.8 Å². The van der Waals surface area contributed by atoms with Gasteiger partial charge in [-0.3, -0.25) is 4.79 Å². The van der Waals surface area contributed by atoms with E-state index >= 15 is 0 Å². The molecule has 0 unspecified atom stereocenters. The largest absolute Gasteiger partial charge is 0.349 e. The minimum absolute atomic E-state index is 0.0233. The standard InChI is InChI=1S/C24H33NO/c1-16(2)22-13-12-17(3)23(15-22)14-18(4)19(5)24(26)25-20(6)21-10-8-7-9-11-21/h7-12,14,18-20,22H,1,13,15H2,2-6H3,(H,25,26)/b23-14+/t18-,19-,20-,22+/m0/s1. The highest BCUT2D eigenvalue weighted by Gasteiger charge is 2.23. The number of nitrogens with one attached hydrogen (secondary N) is 1. The smallest absolute Gasteiger partial charge is 0.223 e. The van der Waals surface area contributed by atoms with E-state index in [0.29, 0.717) is 5.92 Å². The van der Waals surface area contributed by atoms with Gasteiger partial charge in [-0.1, -0.05) is 74.1 Å². The molecule has 0 saturated carbocycles. The quantitative estimate of drug-likeness (QED) is 0.626. The van der Waals surface area contributed by atoms with Gasteiger partial charge in [0.05, 0.1) is 6.04 Å². The second kappa shape index (κ2) is 9.02. The fourth-order valence-corrected chi connectivity index (χ4v) is 3.41. The van der Waals surface area contributed by atoms with Crippen molar-refractivity contribution in [1.29, 1.82) is 0 Å². The van der Waals surface area contributed by atoms with Crippen molar-refractivity contribution < 1.29 is 4.79 Å². The van der Waals surface area contributed by atoms with Crippen molar-refractivity contribution in [2.24, 2.45) is 17.8 Å². The molecule has 0 aromatic heterocycles. The monoisotopic (exact) mass is 351 g/mol. The summed E-state index contributed by atoms with van der Waals surface area (Å²) < 4.78 is 0. The molecule has 0 saturated heterocycles. The SMILES string of the molecule is C=C(C)[C@@H]1CC=C(C)/C(=C/[C@H](C)[C@H](C)C(=O)N[C@@H](C)c2ccccc2)C1. The summed E-state index contributed by atoms with van der Waals surface area (Å²) in [6.07, 6.45) is 6.72. The van der Waals surface area contributed by atoms with Gasteiger partial charge in [0.1, 0.15) is 0 Å². The van der Waals surface area contributed by atoms with Crippen molar-refractivity contribution in [1.82, 2.24) is 5.32 Å². The molecule has 1 aromatic carbocycles. The van der Waals surface area contributed by atoms with Crippen LogP contribution in [0.2, 0.25) is 0 Å². The highest BCUT2D eigenvalue weighted by Crippen LogP contribution is 2.33. The first-order chi connectivity index (χ1) is 12.3. The molecule has 0 aliphatic heterocycles. The van der Waals surface area contributed by atoms with E-state index in [2.05, 4.69) is 57.0 Å². The third kappa shape index (κ3) is 5.20. The molecule has 4 atom stereocenters. The van der Waals surface area contributed by atoms with E-state index in [1.54, 1.807) is 0 Å². The third-order valence-corrected chi connectivity index (χ3v) is 5.70. The zero-order valence-electron chi connectivity index (χ0n) is 16.9. The first-order valence-corrected chi connectivity index (χ1v) is 9.68. The predicted octanol–water partition coefficient (Wildman–Crippen LogP) is 5.99. The highest BCUT2D eigenvalue weighted by atomic mass is 16.1. The normalized spacial score (nSPS) is 22.3. The molecule has 1 N–H and O–H groups in total. The van der Waals surface area contributed by atoms with Crippen molar-refractivity contribution in [3.63, 3.8) is 0 Å². The summed E-state index contributed by atoms with van der Waals surface area (Å²) in [5, 5.41) is 3.16. The van der Waals surface area contributed by atoms with Crippen LogP contribution in [-0.4, -0.2) is 5.91 Å². The van der Waals surface area contributed by atoms with Crippen LogP contribution in [0.4, 0.5) is 0 Å². The molecule has 2 rings (SSSR count). The van der Waals surface area contributed by atoms with E-state index in [1.807, 2.05) is 32.0 Å². The summed E-state index contributed by atoms with van der Waals surface area (Å²) in [5.41, 5.74) is 5.09. The molecule has 0 radical (unpaired) electrons. The Kier molecular flexibility index (Phi) is 7.02. The molecule has 1 amide bonds. The second-order valence-electron chi connectivity index (χ2n) is 7.85. The van der Waals surface area contributed by atoms with Crippen LogP contribution in [0.5, 0.6) is 0 Å². The maximum atomic E-state index is 12.7. The molecule has 2 nitrogen and oxygen atoms in total. The lowest BCUT2D eigenvalue weighted by Gasteiger charge is -2.26. The van der Waals surface area contributed by atoms with Crippen LogP contribution in [0.25, 0.3) is 0 Å². The van der Waals surface area contributed by atoms with Gasteiger partial charge in [-0.2, -0.15) is 0 Å². The van der Waals surface area contributed by atoms with Gasteiger partial charge >= 0.3 is 0 Å². The summed E-state index contributed by atoms with van der Waals surface area (Å²) in [6, 6.07) is 10.1. The highest BCUT2D eigenvalue weighted by molar-refractivity contribution is 5.79. The van der Waals surface area contributed by atoms with Gasteiger partial charge in [0, 0.05) is 5.92 Å². The number of benzene rings is 1. The van der Waals surface area contributed by atoms with Crippen LogP contribution in [0, 0.1) is 17.8 Å². The van der Waals surface area contributed by atoms with Gasteiger partial charge in [-0.05, 0) is 56.6 Å². The van der Waals surface area contributed by atoms with Gasteiger partial charge in [0.25, 0.3) is 0 Å². The van der Waals surface area contributed by atoms with Crippen LogP contribution in [-0.2, 0) is 4.79 Å². The first-order valence-electron chi connectivity index (χ1n) is 9.68. The van der Waals surface area contributed by atoms with Gasteiger partial charge in [0.2, 0.25) is 5.91 Å². The first kappa shape index (κ1) is 20.2. The number of rotatable bonds is 6. The summed E-state index contributed by atoms with van der Waals surface area (Å²) >= 11 is 0. The number of hydrogen-bond acceptors (Lipinski definition) is 1. The fourth-order valence-electron chi connectivity index (χ4n) is 3.41. The molecule has 2 heteroatoms. The predicted molar refractivity (Wildman–Crippen MR) is 111 cm³/mol. The average molecular weight is 352 g/mol. The zero-order chi connectivity index (χ0) is 19.3. The Hall–Kier alpha value is -2.09. The Labute approximate surface area is 159 Å². The summed E-state index contributed by atoms with van der Waals surface area (Å²) in [6.45, 7) is 14.6. The lowest BCUT2D eigenvalue weighted by Crippen LogP contribution is -2.34. The molecule has 26 heavy (non-hydrogen) atoms. The van der Waals surface area contributed by atoms with E-state index in [0.717, 1.165) is 18.4 Å². The lowest BCUT2D eigenvalue weighted by atomic mass is 9.80. The van der Waals surface area contributed by atoms with Crippen molar-refractivity contribution >= 4 is 5.91 Å². The van der Waals surface area contributed by atoms with E-state index in [1.165, 1.54) is 16.7 Å². The fraction of sp³-hybridized carbons (Fsp3) is 0.458. The minimum atomic E-state index is -0.0633. The van der Waals surface area contributed by atoms with E-state index in [4.69, 9.17) is 0 Å². The van der Waals surface area contributed by atoms with E-state index < -0.39 is 0 Å². The van der Waals surface area contributed by atoms with Crippen molar-refractivity contribution in [3.05, 3.63) is 71.3 Å². The Morgan fingerprint density at radius 2 is 1.88 bits per heavy atom. The second-order valence-corrected chi connectivity index (χ2v) is 7.85. The van der Waals surface area contributed by atoms with Crippen molar-refractivity contribution in [2.45, 2.75) is 53.5 Å². The summed E-state index contributed by atoms with van der Waals surface area (Å²) in [7, 11) is 0. The van der Waals surface area contributed by atoms with Gasteiger partial charge in [0.15, 0.2) is 0 Å². The van der Waals surface area contributed by atoms with E-state index in [-0.39, 0.29) is 23.8 Å². The molecule has 1 aliphatic rings. The van der Waals surface area contributed by atoms with Gasteiger partial charge < -0.3 is 5.32 Å². The van der Waals surface area contributed by atoms with Crippen LogP contribution < -0.4 is 5.32 Å². The van der Waals surface area contributed by atoms with E-state index in [9.17, 15) is 4.79 Å². The van der Waals surface area contributed by atoms with Crippen molar-refractivity contribution in [2.75, 3.05) is 0 Å². The van der Waals surface area contributed by atoms with Gasteiger partial charge in [-0.15, -0.1) is 0 Å². The Morgan fingerprint density at radius 3 is 2.50 bits per heavy atom. The topological polar surface area (TPSA) is 29.1 Å². The molecule has 0 heterocycles. The minimum Gasteiger partial charge on any atom is -0.349 e. The number of hydrogen-bond donors (Lipinski definition) is 1. The van der Waals surface area contributed by atoms with Crippen LogP contribution in [0.1, 0.15) is 59.1 Å². The third-order valence-electron chi connectivity index (χ3n) is 5.70. The molecule has 0 fully saturated rings. The number of carbonyl (C=O) groups is 1. The summed E-state index contributed by atoms with van der Waals surface area (Å²) in [5.74, 6) is 0.769. The number of carbonyl (C=O) groups excluding carboxylic acids is 1. The molecule has 1 aromatic rings. The molecule has 0 bridgehead atoms. The molecule has 0 spiro atoms. The Bertz CT molecular complexity index is 698. The number of amides is 1. The molecule has 140 valence electrons. The van der Waals surface area contributed by atoms with Crippen molar-refractivity contribution in [3.8, 4) is 0 Å². The molecular formula is C24H33NO. The summed E-state index contributed by atoms with van der Waals surface area (Å²) in [4.78, 5) is 12.7. The number of allylic oxidation sites excluding steroid dienone is 5. The maximum Gasteiger partial charge on any atom is 0.223 e. The Balaban J connectivity index is 2.02. The zero-order valence-corrected chi connectivity index (χ0v) is 16.9.